The van der Waals surface area contributed by atoms with Gasteiger partial charge in [0.1, 0.15) is 5.60 Å². The van der Waals surface area contributed by atoms with Crippen LogP contribution in [0.5, 0.6) is 0 Å². The van der Waals surface area contributed by atoms with Crippen LogP contribution in [0.3, 0.4) is 0 Å². The van der Waals surface area contributed by atoms with E-state index in [1.807, 2.05) is 49.5 Å². The van der Waals surface area contributed by atoms with Crippen LogP contribution in [0.4, 0.5) is 10.5 Å². The fraction of sp³-hybridized carbons (Fsp3) is 0.630. The summed E-state index contributed by atoms with van der Waals surface area (Å²) in [5.41, 5.74) is 2.42. The molecule has 3 saturated heterocycles. The highest BCUT2D eigenvalue weighted by Gasteiger charge is 2.34. The summed E-state index contributed by atoms with van der Waals surface area (Å²) in [4.78, 5) is 43.4. The molecule has 37 heavy (non-hydrogen) atoms. The largest absolute Gasteiger partial charge is 0.444 e. The number of rotatable bonds is 3. The van der Waals surface area contributed by atoms with Gasteiger partial charge in [0.25, 0.3) is 0 Å². The van der Waals surface area contributed by atoms with Crippen LogP contribution in [-0.2, 0) is 21.4 Å². The number of amides is 3. The monoisotopic (exact) mass is 510 g/mol. The lowest BCUT2D eigenvalue weighted by Crippen LogP contribution is -2.56. The van der Waals surface area contributed by atoms with Gasteiger partial charge in [-0.05, 0) is 46.1 Å². The first-order valence-electron chi connectivity index (χ1n) is 13.4. The van der Waals surface area contributed by atoms with Crippen molar-refractivity contribution in [2.75, 3.05) is 44.2 Å². The Labute approximate surface area is 217 Å². The molecule has 3 aliphatic rings. The lowest BCUT2D eigenvalue weighted by atomic mass is 9.92. The summed E-state index contributed by atoms with van der Waals surface area (Å²) in [6, 6.07) is 6.62. The zero-order chi connectivity index (χ0) is 26.3. The highest BCUT2D eigenvalue weighted by atomic mass is 16.6. The van der Waals surface area contributed by atoms with Crippen molar-refractivity contribution in [2.45, 2.75) is 64.0 Å². The Hall–Kier alpha value is -3.14. The number of aromatic nitrogens is 2. The number of para-hydroxylation sites is 1. The number of hydrogen-bond acceptors (Lipinski definition) is 7. The van der Waals surface area contributed by atoms with E-state index in [-0.39, 0.29) is 17.9 Å². The third kappa shape index (κ3) is 5.30. The molecular weight excluding hydrogens is 472 g/mol. The quantitative estimate of drug-likeness (QED) is 0.634. The van der Waals surface area contributed by atoms with Crippen LogP contribution in [0.1, 0.15) is 58.1 Å². The number of imide groups is 1. The molecule has 2 aromatic rings. The molecule has 10 heteroatoms. The van der Waals surface area contributed by atoms with E-state index in [0.29, 0.717) is 32.0 Å². The molecule has 1 aromatic carbocycles. The maximum atomic E-state index is 12.6. The summed E-state index contributed by atoms with van der Waals surface area (Å²) < 4.78 is 7.43. The van der Waals surface area contributed by atoms with Gasteiger partial charge in [-0.15, -0.1) is 0 Å². The van der Waals surface area contributed by atoms with Crippen LogP contribution in [0.25, 0.3) is 10.9 Å². The van der Waals surface area contributed by atoms with Crippen molar-refractivity contribution < 1.29 is 19.1 Å². The summed E-state index contributed by atoms with van der Waals surface area (Å²) in [6.07, 6.45) is 2.81. The molecule has 1 N–H and O–H groups in total. The Kier molecular flexibility index (Phi) is 6.87. The fourth-order valence-corrected chi connectivity index (χ4v) is 5.88. The minimum atomic E-state index is -0.483. The fourth-order valence-electron chi connectivity index (χ4n) is 5.88. The van der Waals surface area contributed by atoms with E-state index >= 15 is 0 Å². The maximum absolute atomic E-state index is 12.6. The average Bonchev–Trinajstić information content (AvgIpc) is 3.19. The van der Waals surface area contributed by atoms with Crippen molar-refractivity contribution >= 4 is 34.5 Å². The third-order valence-electron chi connectivity index (χ3n) is 7.66. The number of carbonyl (C=O) groups excluding carboxylic acids is 3. The van der Waals surface area contributed by atoms with E-state index in [0.717, 1.165) is 61.3 Å². The number of nitrogens with zero attached hydrogens (tertiary/aromatic N) is 5. The van der Waals surface area contributed by atoms with Gasteiger partial charge in [-0.1, -0.05) is 12.1 Å². The Morgan fingerprint density at radius 3 is 2.54 bits per heavy atom. The van der Waals surface area contributed by atoms with Gasteiger partial charge in [0.15, 0.2) is 0 Å². The van der Waals surface area contributed by atoms with Crippen molar-refractivity contribution in [1.82, 2.24) is 24.9 Å². The van der Waals surface area contributed by atoms with Gasteiger partial charge in [-0.25, -0.2) is 4.79 Å². The van der Waals surface area contributed by atoms with Gasteiger partial charge in [-0.2, -0.15) is 5.10 Å². The van der Waals surface area contributed by atoms with Crippen LogP contribution in [0, 0.1) is 0 Å². The van der Waals surface area contributed by atoms with Crippen LogP contribution < -0.4 is 10.2 Å². The number of fused-ring (bicyclic) bond motifs is 1. The summed E-state index contributed by atoms with van der Waals surface area (Å²) in [5, 5.41) is 8.20. The zero-order valence-electron chi connectivity index (χ0n) is 22.3. The van der Waals surface area contributed by atoms with Gasteiger partial charge < -0.3 is 14.5 Å². The average molecular weight is 511 g/mol. The number of nitrogens with one attached hydrogen (secondary N) is 1. The number of carbonyl (C=O) groups is 3. The normalized spacial score (nSPS) is 23.9. The van der Waals surface area contributed by atoms with Crippen molar-refractivity contribution in [3.63, 3.8) is 0 Å². The maximum Gasteiger partial charge on any atom is 0.410 e. The number of anilines is 1. The van der Waals surface area contributed by atoms with E-state index in [2.05, 4.69) is 21.2 Å². The van der Waals surface area contributed by atoms with E-state index in [1.54, 1.807) is 0 Å². The number of piperidine rings is 2. The first kappa shape index (κ1) is 25.5. The standard InChI is InChI=1S/C27H38N6O4/c1-27(2,3)37-26(36)32-15-13-31(14-16-32)18-7-6-12-33(17-18)21-9-5-8-19-23(29-30(4)24(19)21)20-10-11-22(34)28-25(20)35/h5,8-9,18,20H,6-7,10-17H2,1-4H3,(H,28,34,35). The molecule has 2 atom stereocenters. The van der Waals surface area contributed by atoms with Crippen LogP contribution in [0.15, 0.2) is 18.2 Å². The number of piperazine rings is 1. The van der Waals surface area contributed by atoms with Gasteiger partial charge in [0, 0.05) is 64.2 Å². The highest BCUT2D eigenvalue weighted by Crippen LogP contribution is 2.36. The van der Waals surface area contributed by atoms with Crippen molar-refractivity contribution in [2.24, 2.45) is 7.05 Å². The van der Waals surface area contributed by atoms with E-state index < -0.39 is 11.5 Å². The summed E-state index contributed by atoms with van der Waals surface area (Å²) in [7, 11) is 1.93. The molecule has 5 rings (SSSR count). The summed E-state index contributed by atoms with van der Waals surface area (Å²) in [6.45, 7) is 10.6. The molecule has 2 unspecified atom stereocenters. The Morgan fingerprint density at radius 2 is 1.84 bits per heavy atom. The first-order valence-corrected chi connectivity index (χ1v) is 13.4. The van der Waals surface area contributed by atoms with Gasteiger partial charge in [0.2, 0.25) is 11.8 Å². The molecule has 0 radical (unpaired) electrons. The number of aryl methyl sites for hydroxylation is 1. The van der Waals surface area contributed by atoms with Crippen LogP contribution in [-0.4, -0.2) is 88.4 Å². The van der Waals surface area contributed by atoms with Crippen molar-refractivity contribution in [3.8, 4) is 0 Å². The first-order chi connectivity index (χ1) is 17.6. The summed E-state index contributed by atoms with van der Waals surface area (Å²) in [5.74, 6) is -0.884. The predicted octanol–water partition coefficient (Wildman–Crippen LogP) is 2.62. The molecule has 200 valence electrons. The lowest BCUT2D eigenvalue weighted by Gasteiger charge is -2.44. The van der Waals surface area contributed by atoms with E-state index in [9.17, 15) is 14.4 Å². The van der Waals surface area contributed by atoms with Gasteiger partial charge >= 0.3 is 6.09 Å². The minimum Gasteiger partial charge on any atom is -0.444 e. The number of hydrogen-bond donors (Lipinski definition) is 1. The molecular formula is C27H38N6O4. The van der Waals surface area contributed by atoms with E-state index in [1.165, 1.54) is 0 Å². The molecule has 0 aliphatic carbocycles. The topological polar surface area (TPSA) is 100 Å². The Morgan fingerprint density at radius 1 is 1.08 bits per heavy atom. The predicted molar refractivity (Wildman–Crippen MR) is 140 cm³/mol. The molecule has 0 spiro atoms. The second-order valence-electron chi connectivity index (χ2n) is 11.4. The molecule has 0 bridgehead atoms. The van der Waals surface area contributed by atoms with Crippen LogP contribution >= 0.6 is 0 Å². The molecule has 1 aromatic heterocycles. The minimum absolute atomic E-state index is 0.214. The second kappa shape index (κ2) is 9.96. The Bertz CT molecular complexity index is 1190. The number of ether oxygens (including phenoxy) is 1. The molecule has 0 saturated carbocycles. The zero-order valence-corrected chi connectivity index (χ0v) is 22.3. The van der Waals surface area contributed by atoms with Gasteiger partial charge in [-0.3, -0.25) is 24.5 Å². The molecule has 3 fully saturated rings. The van der Waals surface area contributed by atoms with Gasteiger partial charge in [0.05, 0.1) is 22.8 Å². The van der Waals surface area contributed by atoms with E-state index in [4.69, 9.17) is 9.84 Å². The molecule has 4 heterocycles. The number of benzene rings is 1. The lowest BCUT2D eigenvalue weighted by molar-refractivity contribution is -0.134. The highest BCUT2D eigenvalue weighted by molar-refractivity contribution is 6.03. The SMILES string of the molecule is Cn1nc(C2CCC(=O)NC2=O)c2cccc(N3CCCC(N4CCN(C(=O)OC(C)(C)C)CC4)C3)c21. The van der Waals surface area contributed by atoms with Crippen molar-refractivity contribution in [1.29, 1.82) is 0 Å². The van der Waals surface area contributed by atoms with Crippen molar-refractivity contribution in [3.05, 3.63) is 23.9 Å². The second-order valence-corrected chi connectivity index (χ2v) is 11.4. The third-order valence-corrected chi connectivity index (χ3v) is 7.66. The Balaban J connectivity index is 1.30. The molecule has 3 aliphatic heterocycles. The molecule has 3 amide bonds. The summed E-state index contributed by atoms with van der Waals surface area (Å²) >= 11 is 0. The molecule has 10 nitrogen and oxygen atoms in total. The van der Waals surface area contributed by atoms with Crippen LogP contribution in [0.2, 0.25) is 0 Å². The smallest absolute Gasteiger partial charge is 0.410 e.